The van der Waals surface area contributed by atoms with Crippen LogP contribution in [0.1, 0.15) is 27.7 Å². The molecular formula is C7H17NO. The summed E-state index contributed by atoms with van der Waals surface area (Å²) in [6.45, 7) is 8.40. The van der Waals surface area contributed by atoms with Gasteiger partial charge in [0.1, 0.15) is 0 Å². The predicted octanol–water partition coefficient (Wildman–Crippen LogP) is 1.57. The molecule has 0 amide bonds. The fraction of sp³-hybridized carbons (Fsp3) is 1.00. The van der Waals surface area contributed by atoms with Crippen LogP contribution in [0.5, 0.6) is 0 Å². The van der Waals surface area contributed by atoms with E-state index in [2.05, 4.69) is 33.2 Å². The molecule has 2 nitrogen and oxygen atoms in total. The molecule has 9 heavy (non-hydrogen) atoms. The fourth-order valence-electron chi connectivity index (χ4n) is 0.381. The largest absolute Gasteiger partial charge is 0.296 e. The Labute approximate surface area is 57.5 Å². The summed E-state index contributed by atoms with van der Waals surface area (Å²) >= 11 is 0. The lowest BCUT2D eigenvalue weighted by atomic mass is 9.95. The summed E-state index contributed by atoms with van der Waals surface area (Å²) in [5.74, 6) is 0.532. The van der Waals surface area contributed by atoms with Crippen LogP contribution >= 0.6 is 0 Å². The molecule has 1 N–H and O–H groups in total. The van der Waals surface area contributed by atoms with Crippen LogP contribution in [0.25, 0.3) is 0 Å². The topological polar surface area (TPSA) is 21.3 Å². The van der Waals surface area contributed by atoms with Gasteiger partial charge < -0.3 is 0 Å². The number of nitrogens with one attached hydrogen (secondary N) is 1. The van der Waals surface area contributed by atoms with Crippen molar-refractivity contribution in [1.29, 1.82) is 0 Å². The van der Waals surface area contributed by atoms with Crippen molar-refractivity contribution < 1.29 is 4.84 Å². The van der Waals surface area contributed by atoms with E-state index in [1.807, 2.05) is 0 Å². The van der Waals surface area contributed by atoms with Gasteiger partial charge in [-0.1, -0.05) is 13.8 Å². The number of hydrogen-bond acceptors (Lipinski definition) is 2. The summed E-state index contributed by atoms with van der Waals surface area (Å²) < 4.78 is 0. The van der Waals surface area contributed by atoms with Gasteiger partial charge in [-0.05, 0) is 19.8 Å². The molecular weight excluding hydrogens is 114 g/mol. The Morgan fingerprint density at radius 2 is 1.78 bits per heavy atom. The van der Waals surface area contributed by atoms with E-state index in [1.54, 1.807) is 7.05 Å². The number of hydroxylamine groups is 1. The molecule has 0 spiro atoms. The monoisotopic (exact) mass is 131 g/mol. The zero-order valence-corrected chi connectivity index (χ0v) is 6.99. The first-order chi connectivity index (χ1) is 4.00. The third kappa shape index (κ3) is 2.82. The summed E-state index contributed by atoms with van der Waals surface area (Å²) in [7, 11) is 1.78. The highest BCUT2D eigenvalue weighted by molar-refractivity contribution is 4.70. The standard InChI is InChI=1S/C7H17NO/c1-6(2)7(3,4)9-8-5/h6,8H,1-5H3. The molecule has 0 rings (SSSR count). The Balaban J connectivity index is 3.70. The van der Waals surface area contributed by atoms with Gasteiger partial charge in [0.25, 0.3) is 0 Å². The van der Waals surface area contributed by atoms with Crippen LogP contribution in [0.3, 0.4) is 0 Å². The average molecular weight is 131 g/mol. The molecule has 0 heterocycles. The van der Waals surface area contributed by atoms with Crippen LogP contribution in [-0.4, -0.2) is 12.6 Å². The molecule has 0 aromatic heterocycles. The summed E-state index contributed by atoms with van der Waals surface area (Å²) in [5.41, 5.74) is 2.63. The first kappa shape index (κ1) is 8.92. The Morgan fingerprint density at radius 3 is 1.89 bits per heavy atom. The molecule has 0 unspecified atom stereocenters. The molecule has 0 fully saturated rings. The van der Waals surface area contributed by atoms with Crippen molar-refractivity contribution in [1.82, 2.24) is 5.48 Å². The molecule has 2 heteroatoms. The van der Waals surface area contributed by atoms with Gasteiger partial charge in [0.05, 0.1) is 5.60 Å². The van der Waals surface area contributed by atoms with Gasteiger partial charge in [0, 0.05) is 7.05 Å². The van der Waals surface area contributed by atoms with E-state index in [0.29, 0.717) is 5.92 Å². The maximum absolute atomic E-state index is 5.24. The third-order valence-electron chi connectivity index (χ3n) is 1.76. The van der Waals surface area contributed by atoms with Crippen LogP contribution < -0.4 is 5.48 Å². The van der Waals surface area contributed by atoms with Gasteiger partial charge in [-0.3, -0.25) is 4.84 Å². The van der Waals surface area contributed by atoms with Gasteiger partial charge in [-0.2, -0.15) is 0 Å². The Bertz CT molecular complexity index is 79.0. The molecule has 56 valence electrons. The maximum Gasteiger partial charge on any atom is 0.0863 e. The zero-order chi connectivity index (χ0) is 7.49. The molecule has 0 radical (unpaired) electrons. The van der Waals surface area contributed by atoms with E-state index < -0.39 is 0 Å². The van der Waals surface area contributed by atoms with Gasteiger partial charge in [-0.15, -0.1) is 0 Å². The normalized spacial score (nSPS) is 12.7. The minimum Gasteiger partial charge on any atom is -0.296 e. The van der Waals surface area contributed by atoms with E-state index in [-0.39, 0.29) is 5.60 Å². The van der Waals surface area contributed by atoms with Gasteiger partial charge in [-0.25, -0.2) is 5.48 Å². The Hall–Kier alpha value is -0.0800. The quantitative estimate of drug-likeness (QED) is 0.587. The number of rotatable bonds is 3. The zero-order valence-electron chi connectivity index (χ0n) is 6.99. The lowest BCUT2D eigenvalue weighted by molar-refractivity contribution is -0.101. The SMILES string of the molecule is CNOC(C)(C)C(C)C. The van der Waals surface area contributed by atoms with Crippen molar-refractivity contribution >= 4 is 0 Å². The summed E-state index contributed by atoms with van der Waals surface area (Å²) in [4.78, 5) is 5.24. The minimum absolute atomic E-state index is 0.0608. The minimum atomic E-state index is -0.0608. The first-order valence-electron chi connectivity index (χ1n) is 3.35. The van der Waals surface area contributed by atoms with Gasteiger partial charge in [0.15, 0.2) is 0 Å². The molecule has 0 bridgehead atoms. The average Bonchev–Trinajstić information content (AvgIpc) is 1.65. The van der Waals surface area contributed by atoms with Crippen molar-refractivity contribution in [2.24, 2.45) is 5.92 Å². The van der Waals surface area contributed by atoms with Gasteiger partial charge >= 0.3 is 0 Å². The van der Waals surface area contributed by atoms with Crippen molar-refractivity contribution in [2.45, 2.75) is 33.3 Å². The van der Waals surface area contributed by atoms with Crippen LogP contribution in [0.2, 0.25) is 0 Å². The van der Waals surface area contributed by atoms with E-state index >= 15 is 0 Å². The fourth-order valence-corrected chi connectivity index (χ4v) is 0.381. The molecule has 0 aromatic carbocycles. The van der Waals surface area contributed by atoms with Crippen LogP contribution in [0, 0.1) is 5.92 Å². The second-order valence-electron chi connectivity index (χ2n) is 3.06. The summed E-state index contributed by atoms with van der Waals surface area (Å²) in [5, 5.41) is 0. The van der Waals surface area contributed by atoms with Crippen molar-refractivity contribution in [3.8, 4) is 0 Å². The van der Waals surface area contributed by atoms with E-state index in [4.69, 9.17) is 4.84 Å². The number of hydrogen-bond donors (Lipinski definition) is 1. The van der Waals surface area contributed by atoms with Crippen LogP contribution in [0.15, 0.2) is 0 Å². The highest BCUT2D eigenvalue weighted by Crippen LogP contribution is 2.18. The lowest BCUT2D eigenvalue weighted by Gasteiger charge is -2.27. The highest BCUT2D eigenvalue weighted by Gasteiger charge is 2.22. The molecule has 0 aliphatic rings. The Morgan fingerprint density at radius 1 is 1.33 bits per heavy atom. The first-order valence-corrected chi connectivity index (χ1v) is 3.35. The van der Waals surface area contributed by atoms with Crippen LogP contribution in [-0.2, 0) is 4.84 Å². The predicted molar refractivity (Wildman–Crippen MR) is 39.1 cm³/mol. The van der Waals surface area contributed by atoms with Crippen molar-refractivity contribution in [2.75, 3.05) is 7.05 Å². The third-order valence-corrected chi connectivity index (χ3v) is 1.76. The molecule has 0 saturated heterocycles. The van der Waals surface area contributed by atoms with E-state index in [1.165, 1.54) is 0 Å². The molecule has 0 saturated carbocycles. The smallest absolute Gasteiger partial charge is 0.0863 e. The lowest BCUT2D eigenvalue weighted by Crippen LogP contribution is -2.35. The van der Waals surface area contributed by atoms with E-state index in [0.717, 1.165) is 0 Å². The van der Waals surface area contributed by atoms with E-state index in [9.17, 15) is 0 Å². The molecule has 0 aliphatic carbocycles. The Kier molecular flexibility index (Phi) is 3.15. The van der Waals surface area contributed by atoms with Gasteiger partial charge in [0.2, 0.25) is 0 Å². The van der Waals surface area contributed by atoms with Crippen molar-refractivity contribution in [3.05, 3.63) is 0 Å². The molecule has 0 aromatic rings. The van der Waals surface area contributed by atoms with Crippen molar-refractivity contribution in [3.63, 3.8) is 0 Å². The highest BCUT2D eigenvalue weighted by atomic mass is 16.7. The molecule has 0 atom stereocenters. The van der Waals surface area contributed by atoms with Crippen LogP contribution in [0.4, 0.5) is 0 Å². The summed E-state index contributed by atoms with van der Waals surface area (Å²) in [6, 6.07) is 0. The maximum atomic E-state index is 5.24. The summed E-state index contributed by atoms with van der Waals surface area (Å²) in [6.07, 6.45) is 0. The molecule has 0 aliphatic heterocycles. The second-order valence-corrected chi connectivity index (χ2v) is 3.06. The second kappa shape index (κ2) is 3.18.